The molecule has 0 aliphatic carbocycles. The highest BCUT2D eigenvalue weighted by molar-refractivity contribution is 5.94. The molecule has 0 atom stereocenters. The third-order valence-electron chi connectivity index (χ3n) is 4.53. The topological polar surface area (TPSA) is 75.9 Å². The van der Waals surface area contributed by atoms with Crippen LogP contribution in [0.25, 0.3) is 0 Å². The summed E-state index contributed by atoms with van der Waals surface area (Å²) in [4.78, 5) is 26.4. The lowest BCUT2D eigenvalue weighted by molar-refractivity contribution is -0.384. The number of nitro groups is 1. The summed E-state index contributed by atoms with van der Waals surface area (Å²) < 4.78 is 31.9. The predicted molar refractivity (Wildman–Crippen MR) is 97.3 cm³/mol. The first-order valence-corrected chi connectivity index (χ1v) is 8.78. The van der Waals surface area contributed by atoms with Gasteiger partial charge in [0.2, 0.25) is 0 Å². The van der Waals surface area contributed by atoms with E-state index in [1.165, 1.54) is 18.2 Å². The Kier molecular flexibility index (Phi) is 6.15. The molecule has 1 aliphatic rings. The number of carbonyl (C=O) groups excluding carboxylic acids is 1. The van der Waals surface area contributed by atoms with Gasteiger partial charge in [0.05, 0.1) is 11.0 Å². The van der Waals surface area contributed by atoms with Gasteiger partial charge in [-0.15, -0.1) is 0 Å². The molecule has 0 unspecified atom stereocenters. The van der Waals surface area contributed by atoms with Gasteiger partial charge in [-0.25, -0.2) is 8.78 Å². The Hall–Kier alpha value is -3.07. The van der Waals surface area contributed by atoms with Crippen LogP contribution in [0.2, 0.25) is 0 Å². The highest BCUT2D eigenvalue weighted by Crippen LogP contribution is 2.19. The smallest absolute Gasteiger partial charge is 0.273 e. The number of amides is 1. The van der Waals surface area contributed by atoms with E-state index in [4.69, 9.17) is 4.74 Å². The molecule has 0 bridgehead atoms. The van der Waals surface area contributed by atoms with E-state index in [1.807, 2.05) is 0 Å². The van der Waals surface area contributed by atoms with Gasteiger partial charge in [0.25, 0.3) is 11.6 Å². The third-order valence-corrected chi connectivity index (χ3v) is 4.53. The maximum absolute atomic E-state index is 13.3. The number of non-ortho nitro benzene ring substituents is 1. The normalized spacial score (nSPS) is 14.7. The third kappa shape index (κ3) is 4.80. The largest absolute Gasteiger partial charge is 0.492 e. The first-order chi connectivity index (χ1) is 13.4. The van der Waals surface area contributed by atoms with Crippen LogP contribution in [0.1, 0.15) is 10.4 Å². The van der Waals surface area contributed by atoms with Gasteiger partial charge in [0.1, 0.15) is 12.4 Å². The maximum Gasteiger partial charge on any atom is 0.273 e. The zero-order valence-electron chi connectivity index (χ0n) is 15.0. The lowest BCUT2D eigenvalue weighted by Crippen LogP contribution is -2.49. The van der Waals surface area contributed by atoms with Crippen LogP contribution in [-0.2, 0) is 0 Å². The molecule has 3 rings (SSSR count). The molecule has 0 aromatic heterocycles. The fourth-order valence-electron chi connectivity index (χ4n) is 2.97. The molecule has 1 saturated heterocycles. The SMILES string of the molecule is O=C(c1ccc(F)c(F)c1)N1CCN(CCOc2cccc([N+](=O)[O-])c2)CC1. The van der Waals surface area contributed by atoms with Gasteiger partial charge in [-0.2, -0.15) is 0 Å². The number of hydrogen-bond acceptors (Lipinski definition) is 5. The van der Waals surface area contributed by atoms with Gasteiger partial charge < -0.3 is 9.64 Å². The number of benzene rings is 2. The lowest BCUT2D eigenvalue weighted by atomic mass is 10.1. The molecular formula is C19H19F2N3O4. The van der Waals surface area contributed by atoms with Gasteiger partial charge in [-0.05, 0) is 24.3 Å². The predicted octanol–water partition coefficient (Wildman–Crippen LogP) is 2.71. The van der Waals surface area contributed by atoms with E-state index in [0.717, 1.165) is 12.1 Å². The van der Waals surface area contributed by atoms with Crippen LogP contribution in [0, 0.1) is 21.7 Å². The van der Waals surface area contributed by atoms with Crippen molar-refractivity contribution in [1.82, 2.24) is 9.80 Å². The number of nitrogens with zero attached hydrogens (tertiary/aromatic N) is 3. The van der Waals surface area contributed by atoms with Crippen molar-refractivity contribution in [2.45, 2.75) is 0 Å². The van der Waals surface area contributed by atoms with Crippen LogP contribution < -0.4 is 4.74 Å². The number of nitro benzene ring substituents is 1. The molecule has 0 radical (unpaired) electrons. The van der Waals surface area contributed by atoms with Crippen molar-refractivity contribution < 1.29 is 23.2 Å². The quantitative estimate of drug-likeness (QED) is 0.559. The average molecular weight is 391 g/mol. The Labute approximate surface area is 160 Å². The standard InChI is InChI=1S/C19H19F2N3O4/c20-17-5-4-14(12-18(17)21)19(25)23-8-6-22(7-9-23)10-11-28-16-3-1-2-15(13-16)24(26)27/h1-5,12-13H,6-11H2. The molecule has 9 heteroatoms. The fourth-order valence-corrected chi connectivity index (χ4v) is 2.97. The minimum Gasteiger partial charge on any atom is -0.492 e. The minimum atomic E-state index is -1.04. The molecule has 1 fully saturated rings. The molecule has 2 aromatic carbocycles. The summed E-state index contributed by atoms with van der Waals surface area (Å²) in [5.74, 6) is -1.92. The molecule has 7 nitrogen and oxygen atoms in total. The second-order valence-electron chi connectivity index (χ2n) is 6.37. The van der Waals surface area contributed by atoms with Crippen molar-refractivity contribution in [3.05, 3.63) is 69.8 Å². The van der Waals surface area contributed by atoms with Gasteiger partial charge in [-0.1, -0.05) is 6.07 Å². The molecular weight excluding hydrogens is 372 g/mol. The average Bonchev–Trinajstić information content (AvgIpc) is 2.70. The Morgan fingerprint density at radius 3 is 2.50 bits per heavy atom. The summed E-state index contributed by atoms with van der Waals surface area (Å²) in [5.41, 5.74) is 0.100. The van der Waals surface area contributed by atoms with E-state index < -0.39 is 16.6 Å². The molecule has 148 valence electrons. The Bertz CT molecular complexity index is 870. The number of piperazine rings is 1. The number of hydrogen-bond donors (Lipinski definition) is 0. The minimum absolute atomic E-state index is 0.0261. The van der Waals surface area contributed by atoms with Crippen molar-refractivity contribution in [1.29, 1.82) is 0 Å². The first kappa shape index (κ1) is 19.7. The van der Waals surface area contributed by atoms with Gasteiger partial charge >= 0.3 is 0 Å². The van der Waals surface area contributed by atoms with E-state index in [-0.39, 0.29) is 17.2 Å². The zero-order valence-corrected chi connectivity index (χ0v) is 15.0. The number of ether oxygens (including phenoxy) is 1. The van der Waals surface area contributed by atoms with E-state index in [2.05, 4.69) is 4.90 Å². The van der Waals surface area contributed by atoms with Crippen molar-refractivity contribution in [3.63, 3.8) is 0 Å². The van der Waals surface area contributed by atoms with Crippen LogP contribution in [0.15, 0.2) is 42.5 Å². The summed E-state index contributed by atoms with van der Waals surface area (Å²) in [5, 5.41) is 10.8. The summed E-state index contributed by atoms with van der Waals surface area (Å²) in [6.45, 7) is 3.14. The fraction of sp³-hybridized carbons (Fsp3) is 0.316. The van der Waals surface area contributed by atoms with E-state index in [0.29, 0.717) is 45.1 Å². The second kappa shape index (κ2) is 8.75. The summed E-state index contributed by atoms with van der Waals surface area (Å²) in [6, 6.07) is 9.14. The Balaban J connectivity index is 1.45. The number of halogens is 2. The Morgan fingerprint density at radius 1 is 1.07 bits per heavy atom. The second-order valence-corrected chi connectivity index (χ2v) is 6.37. The van der Waals surface area contributed by atoms with E-state index in [9.17, 15) is 23.7 Å². The summed E-state index contributed by atoms with van der Waals surface area (Å²) in [7, 11) is 0. The molecule has 1 aliphatic heterocycles. The van der Waals surface area contributed by atoms with Crippen LogP contribution in [0.3, 0.4) is 0 Å². The van der Waals surface area contributed by atoms with Crippen LogP contribution in [-0.4, -0.2) is 60.0 Å². The Morgan fingerprint density at radius 2 is 1.82 bits per heavy atom. The summed E-state index contributed by atoms with van der Waals surface area (Å²) in [6.07, 6.45) is 0. The van der Waals surface area contributed by atoms with Crippen molar-refractivity contribution >= 4 is 11.6 Å². The highest BCUT2D eigenvalue weighted by atomic mass is 19.2. The molecule has 2 aromatic rings. The molecule has 0 saturated carbocycles. The molecule has 1 amide bonds. The van der Waals surface area contributed by atoms with Gasteiger partial charge in [0, 0.05) is 44.4 Å². The molecule has 0 spiro atoms. The van der Waals surface area contributed by atoms with E-state index in [1.54, 1.807) is 17.0 Å². The van der Waals surface area contributed by atoms with Crippen LogP contribution in [0.4, 0.5) is 14.5 Å². The number of carbonyl (C=O) groups is 1. The van der Waals surface area contributed by atoms with Crippen LogP contribution >= 0.6 is 0 Å². The van der Waals surface area contributed by atoms with Crippen molar-refractivity contribution in [2.75, 3.05) is 39.3 Å². The van der Waals surface area contributed by atoms with Gasteiger partial charge in [0.15, 0.2) is 11.6 Å². The highest BCUT2D eigenvalue weighted by Gasteiger charge is 2.22. The number of rotatable bonds is 6. The lowest BCUT2D eigenvalue weighted by Gasteiger charge is -2.34. The molecule has 0 N–H and O–H groups in total. The maximum atomic E-state index is 13.3. The first-order valence-electron chi connectivity index (χ1n) is 8.78. The van der Waals surface area contributed by atoms with Crippen molar-refractivity contribution in [3.8, 4) is 5.75 Å². The monoisotopic (exact) mass is 391 g/mol. The summed E-state index contributed by atoms with van der Waals surface area (Å²) >= 11 is 0. The van der Waals surface area contributed by atoms with Gasteiger partial charge in [-0.3, -0.25) is 19.8 Å². The zero-order chi connectivity index (χ0) is 20.1. The van der Waals surface area contributed by atoms with Crippen molar-refractivity contribution in [2.24, 2.45) is 0 Å². The molecule has 1 heterocycles. The van der Waals surface area contributed by atoms with Crippen LogP contribution in [0.5, 0.6) is 5.75 Å². The van der Waals surface area contributed by atoms with E-state index >= 15 is 0 Å². The molecule has 28 heavy (non-hydrogen) atoms.